The number of benzene rings is 2. The Morgan fingerprint density at radius 1 is 0.909 bits per heavy atom. The van der Waals surface area contributed by atoms with Gasteiger partial charge in [-0.25, -0.2) is 0 Å². The van der Waals surface area contributed by atoms with Gasteiger partial charge in [-0.15, -0.1) is 0 Å². The van der Waals surface area contributed by atoms with Crippen molar-refractivity contribution in [2.45, 2.75) is 34.6 Å². The van der Waals surface area contributed by atoms with Crippen LogP contribution in [-0.2, 0) is 0 Å². The van der Waals surface area contributed by atoms with E-state index in [0.29, 0.717) is 11.1 Å². The van der Waals surface area contributed by atoms with E-state index in [1.54, 1.807) is 12.1 Å². The molecule has 0 aliphatic carbocycles. The van der Waals surface area contributed by atoms with Crippen molar-refractivity contribution in [3.8, 4) is 0 Å². The molecule has 0 atom stereocenters. The second-order valence-electron chi connectivity index (χ2n) is 5.64. The molecule has 0 aromatic heterocycles. The number of ketones is 1. The minimum absolute atomic E-state index is 0.0679. The predicted octanol–water partition coefficient (Wildman–Crippen LogP) is 4.37. The zero-order chi connectivity index (χ0) is 16.6. The van der Waals surface area contributed by atoms with E-state index in [4.69, 9.17) is 0 Å². The number of nitro benzene ring substituents is 1. The van der Waals surface area contributed by atoms with Crippen molar-refractivity contribution in [1.82, 2.24) is 0 Å². The first-order valence-electron chi connectivity index (χ1n) is 7.11. The summed E-state index contributed by atoms with van der Waals surface area (Å²) < 4.78 is 0. The molecule has 4 heteroatoms. The molecule has 0 saturated heterocycles. The van der Waals surface area contributed by atoms with Crippen LogP contribution in [-0.4, -0.2) is 10.7 Å². The Hall–Kier alpha value is -2.49. The van der Waals surface area contributed by atoms with Crippen molar-refractivity contribution in [1.29, 1.82) is 0 Å². The molecule has 2 aromatic carbocycles. The minimum atomic E-state index is -0.484. The summed E-state index contributed by atoms with van der Waals surface area (Å²) in [5, 5.41) is 10.9. The van der Waals surface area contributed by atoms with E-state index in [2.05, 4.69) is 0 Å². The molecule has 0 aliphatic heterocycles. The smallest absolute Gasteiger partial charge is 0.270 e. The number of nitrogens with zero attached hydrogens (tertiary/aromatic N) is 1. The molecule has 0 unspecified atom stereocenters. The summed E-state index contributed by atoms with van der Waals surface area (Å²) in [5.41, 5.74) is 6.19. The Kier molecular flexibility index (Phi) is 4.13. The third kappa shape index (κ3) is 2.52. The fraction of sp³-hybridized carbons (Fsp3) is 0.278. The summed E-state index contributed by atoms with van der Waals surface area (Å²) in [6.07, 6.45) is 0. The second-order valence-corrected chi connectivity index (χ2v) is 5.64. The van der Waals surface area contributed by atoms with Crippen molar-refractivity contribution in [2.75, 3.05) is 0 Å². The molecule has 0 saturated carbocycles. The van der Waals surface area contributed by atoms with E-state index in [1.165, 1.54) is 17.7 Å². The van der Waals surface area contributed by atoms with Crippen LogP contribution in [0.25, 0.3) is 0 Å². The van der Waals surface area contributed by atoms with Crippen LogP contribution in [0.15, 0.2) is 24.3 Å². The van der Waals surface area contributed by atoms with E-state index in [-0.39, 0.29) is 11.5 Å². The van der Waals surface area contributed by atoms with Crippen LogP contribution in [0.1, 0.15) is 43.7 Å². The lowest BCUT2D eigenvalue weighted by molar-refractivity contribution is -0.384. The molecule has 114 valence electrons. The fourth-order valence-electron chi connectivity index (χ4n) is 2.75. The first kappa shape index (κ1) is 15.9. The first-order valence-corrected chi connectivity index (χ1v) is 7.11. The molecule has 0 radical (unpaired) electrons. The van der Waals surface area contributed by atoms with Gasteiger partial charge in [0.05, 0.1) is 4.92 Å². The zero-order valence-electron chi connectivity index (χ0n) is 13.5. The van der Waals surface area contributed by atoms with Gasteiger partial charge in [-0.2, -0.15) is 0 Å². The summed E-state index contributed by atoms with van der Waals surface area (Å²) in [6.45, 7) is 9.91. The van der Waals surface area contributed by atoms with Crippen LogP contribution in [0.5, 0.6) is 0 Å². The Bertz CT molecular complexity index is 762. The van der Waals surface area contributed by atoms with E-state index in [1.807, 2.05) is 34.6 Å². The van der Waals surface area contributed by atoms with Crippen LogP contribution < -0.4 is 0 Å². The second kappa shape index (κ2) is 5.72. The highest BCUT2D eigenvalue weighted by atomic mass is 16.6. The van der Waals surface area contributed by atoms with Gasteiger partial charge in [0, 0.05) is 23.3 Å². The molecule has 0 N–H and O–H groups in total. The molecule has 2 aromatic rings. The highest BCUT2D eigenvalue weighted by molar-refractivity contribution is 6.11. The van der Waals surface area contributed by atoms with Gasteiger partial charge in [0.25, 0.3) is 5.69 Å². The highest BCUT2D eigenvalue weighted by Crippen LogP contribution is 2.28. The van der Waals surface area contributed by atoms with Gasteiger partial charge in [-0.3, -0.25) is 14.9 Å². The maximum Gasteiger partial charge on any atom is 0.270 e. The molecular formula is C18H19NO3. The van der Waals surface area contributed by atoms with Gasteiger partial charge >= 0.3 is 0 Å². The van der Waals surface area contributed by atoms with Crippen LogP contribution in [0.4, 0.5) is 5.69 Å². The fourth-order valence-corrected chi connectivity index (χ4v) is 2.75. The number of rotatable bonds is 3. The molecule has 0 spiro atoms. The van der Waals surface area contributed by atoms with Crippen molar-refractivity contribution < 1.29 is 9.72 Å². The molecule has 0 aliphatic rings. The molecule has 4 nitrogen and oxygen atoms in total. The number of nitro groups is 1. The number of carbonyl (C=O) groups excluding carboxylic acids is 1. The predicted molar refractivity (Wildman–Crippen MR) is 86.7 cm³/mol. The van der Waals surface area contributed by atoms with Crippen molar-refractivity contribution >= 4 is 11.5 Å². The van der Waals surface area contributed by atoms with Gasteiger partial charge in [0.2, 0.25) is 0 Å². The van der Waals surface area contributed by atoms with Gasteiger partial charge in [-0.1, -0.05) is 12.1 Å². The van der Waals surface area contributed by atoms with Gasteiger partial charge < -0.3 is 0 Å². The summed E-state index contributed by atoms with van der Waals surface area (Å²) in [4.78, 5) is 23.3. The monoisotopic (exact) mass is 297 g/mol. The third-order valence-electron chi connectivity index (χ3n) is 4.55. The summed E-state index contributed by atoms with van der Waals surface area (Å²) >= 11 is 0. The minimum Gasteiger partial charge on any atom is -0.289 e. The van der Waals surface area contributed by atoms with Crippen LogP contribution >= 0.6 is 0 Å². The Balaban J connectivity index is 2.65. The van der Waals surface area contributed by atoms with E-state index >= 15 is 0 Å². The zero-order valence-corrected chi connectivity index (χ0v) is 13.5. The van der Waals surface area contributed by atoms with E-state index in [0.717, 1.165) is 22.3 Å². The highest BCUT2D eigenvalue weighted by Gasteiger charge is 2.20. The van der Waals surface area contributed by atoms with Gasteiger partial charge in [0.15, 0.2) is 5.78 Å². The number of hydrogen-bond donors (Lipinski definition) is 0. The topological polar surface area (TPSA) is 60.2 Å². The molecule has 0 amide bonds. The number of carbonyl (C=O) groups is 1. The SMILES string of the molecule is Cc1c(C)c(C)c(C(=O)c2cccc([N+](=O)[O-])c2)c(C)c1C. The Morgan fingerprint density at radius 2 is 1.41 bits per heavy atom. The summed E-state index contributed by atoms with van der Waals surface area (Å²) in [5.74, 6) is -0.162. The maximum absolute atomic E-state index is 12.9. The summed E-state index contributed by atoms with van der Waals surface area (Å²) in [7, 11) is 0. The van der Waals surface area contributed by atoms with E-state index in [9.17, 15) is 14.9 Å². The maximum atomic E-state index is 12.9. The Labute approximate surface area is 129 Å². The normalized spacial score (nSPS) is 10.6. The van der Waals surface area contributed by atoms with Gasteiger partial charge in [0.1, 0.15) is 0 Å². The summed E-state index contributed by atoms with van der Waals surface area (Å²) in [6, 6.07) is 5.90. The quantitative estimate of drug-likeness (QED) is 0.480. The van der Waals surface area contributed by atoms with Crippen molar-refractivity contribution in [3.05, 3.63) is 73.3 Å². The van der Waals surface area contributed by atoms with Crippen LogP contribution in [0.3, 0.4) is 0 Å². The van der Waals surface area contributed by atoms with Crippen molar-refractivity contribution in [3.63, 3.8) is 0 Å². The van der Waals surface area contributed by atoms with Crippen LogP contribution in [0.2, 0.25) is 0 Å². The molecule has 22 heavy (non-hydrogen) atoms. The molecule has 0 bridgehead atoms. The molecular weight excluding hydrogens is 278 g/mol. The first-order chi connectivity index (χ1) is 10.3. The number of hydrogen-bond acceptors (Lipinski definition) is 3. The lowest BCUT2D eigenvalue weighted by Crippen LogP contribution is -2.11. The number of non-ortho nitro benzene ring substituents is 1. The van der Waals surface area contributed by atoms with Crippen LogP contribution in [0, 0.1) is 44.7 Å². The molecule has 0 fully saturated rings. The average molecular weight is 297 g/mol. The van der Waals surface area contributed by atoms with Gasteiger partial charge in [-0.05, 0) is 62.4 Å². The average Bonchev–Trinajstić information content (AvgIpc) is 2.51. The lowest BCUT2D eigenvalue weighted by atomic mass is 9.86. The van der Waals surface area contributed by atoms with Crippen molar-refractivity contribution in [2.24, 2.45) is 0 Å². The van der Waals surface area contributed by atoms with E-state index < -0.39 is 4.92 Å². The standard InChI is InChI=1S/C18H19NO3/c1-10-11(2)13(4)17(14(5)12(10)3)18(20)15-7-6-8-16(9-15)19(21)22/h6-9H,1-5H3. The third-order valence-corrected chi connectivity index (χ3v) is 4.55. The molecule has 2 rings (SSSR count). The lowest BCUT2D eigenvalue weighted by Gasteiger charge is -2.17. The molecule has 0 heterocycles. The Morgan fingerprint density at radius 3 is 1.91 bits per heavy atom. The largest absolute Gasteiger partial charge is 0.289 e.